The summed E-state index contributed by atoms with van der Waals surface area (Å²) in [6.45, 7) is 7.42. The number of hydrogen-bond acceptors (Lipinski definition) is 1. The largest absolute Gasteiger partial charge is 0.357 e. The number of fused-ring (bicyclic) bond motifs is 1. The maximum atomic E-state index is 12.8. The second kappa shape index (κ2) is 5.82. The van der Waals surface area contributed by atoms with Crippen LogP contribution in [0.5, 0.6) is 0 Å². The third-order valence-corrected chi connectivity index (χ3v) is 4.90. The molecule has 0 radical (unpaired) electrons. The van der Waals surface area contributed by atoms with Crippen LogP contribution in [-0.2, 0) is 6.54 Å². The molecule has 112 valence electrons. The number of rotatable bonds is 2. The maximum Gasteiger partial charge on any atom is 0.198 e. The fraction of sp³-hybridized carbons (Fsp3) is 0.471. The first-order valence-corrected chi connectivity index (χ1v) is 8.07. The van der Waals surface area contributed by atoms with Crippen LogP contribution in [0.1, 0.15) is 31.0 Å². The predicted molar refractivity (Wildman–Crippen MR) is 87.1 cm³/mol. The molecule has 2 N–H and O–H groups in total. The summed E-state index contributed by atoms with van der Waals surface area (Å²) in [5, 5.41) is 1.31. The number of H-pyrrole nitrogens is 1. The number of aromatic amines is 1. The van der Waals surface area contributed by atoms with Gasteiger partial charge in [0.05, 0.1) is 29.2 Å². The van der Waals surface area contributed by atoms with E-state index in [-0.39, 0.29) is 5.43 Å². The van der Waals surface area contributed by atoms with Gasteiger partial charge in [-0.1, -0.05) is 24.6 Å². The van der Waals surface area contributed by atoms with Crippen LogP contribution in [0.4, 0.5) is 0 Å². The first-order valence-electron chi connectivity index (χ1n) is 7.70. The zero-order chi connectivity index (χ0) is 15.0. The van der Waals surface area contributed by atoms with Crippen LogP contribution in [0.15, 0.2) is 23.0 Å². The van der Waals surface area contributed by atoms with E-state index in [2.05, 4.69) is 11.9 Å². The second-order valence-electron chi connectivity index (χ2n) is 6.35. The molecule has 1 fully saturated rings. The quantitative estimate of drug-likeness (QED) is 0.878. The van der Waals surface area contributed by atoms with Crippen molar-refractivity contribution in [2.75, 3.05) is 13.1 Å². The van der Waals surface area contributed by atoms with Crippen LogP contribution < -0.4 is 10.3 Å². The van der Waals surface area contributed by atoms with Crippen molar-refractivity contribution < 1.29 is 4.90 Å². The monoisotopic (exact) mass is 305 g/mol. The average Bonchev–Trinajstić information content (AvgIpc) is 2.45. The Morgan fingerprint density at radius 1 is 1.43 bits per heavy atom. The summed E-state index contributed by atoms with van der Waals surface area (Å²) in [4.78, 5) is 17.6. The van der Waals surface area contributed by atoms with Crippen molar-refractivity contribution in [2.45, 2.75) is 33.2 Å². The molecule has 2 atom stereocenters. The van der Waals surface area contributed by atoms with Crippen LogP contribution >= 0.6 is 11.6 Å². The van der Waals surface area contributed by atoms with E-state index in [0.717, 1.165) is 42.3 Å². The molecule has 0 saturated carbocycles. The van der Waals surface area contributed by atoms with E-state index in [9.17, 15) is 4.79 Å². The number of quaternary nitrogens is 1. The predicted octanol–water partition coefficient (Wildman–Crippen LogP) is 2.30. The van der Waals surface area contributed by atoms with Gasteiger partial charge in [0.1, 0.15) is 6.54 Å². The van der Waals surface area contributed by atoms with Crippen LogP contribution in [-0.4, -0.2) is 18.1 Å². The summed E-state index contributed by atoms with van der Waals surface area (Å²) < 4.78 is 0. The number of halogens is 1. The molecule has 1 aromatic carbocycles. The Balaban J connectivity index is 2.01. The van der Waals surface area contributed by atoms with E-state index in [4.69, 9.17) is 11.6 Å². The summed E-state index contributed by atoms with van der Waals surface area (Å²) >= 11 is 6.19. The number of para-hydroxylation sites is 1. The zero-order valence-electron chi connectivity index (χ0n) is 12.6. The van der Waals surface area contributed by atoms with Crippen molar-refractivity contribution in [3.05, 3.63) is 44.7 Å². The van der Waals surface area contributed by atoms with E-state index >= 15 is 0 Å². The van der Waals surface area contributed by atoms with Gasteiger partial charge in [-0.2, -0.15) is 0 Å². The van der Waals surface area contributed by atoms with E-state index < -0.39 is 0 Å². The molecule has 0 amide bonds. The van der Waals surface area contributed by atoms with E-state index in [1.807, 2.05) is 25.1 Å². The highest BCUT2D eigenvalue weighted by Crippen LogP contribution is 2.20. The normalized spacial score (nSPS) is 22.6. The van der Waals surface area contributed by atoms with E-state index in [1.54, 1.807) is 0 Å². The van der Waals surface area contributed by atoms with Crippen LogP contribution in [0, 0.1) is 12.8 Å². The SMILES string of the molecule is Cc1[nH]c2c(Cl)cccc2c(=O)c1C[NH+]1CCCC(C)C1. The number of nitrogens with one attached hydrogen (secondary N) is 2. The highest BCUT2D eigenvalue weighted by atomic mass is 35.5. The lowest BCUT2D eigenvalue weighted by Gasteiger charge is -2.28. The minimum absolute atomic E-state index is 0.134. The Bertz CT molecular complexity index is 723. The Hall–Kier alpha value is -1.32. The number of aromatic nitrogens is 1. The van der Waals surface area contributed by atoms with Gasteiger partial charge < -0.3 is 9.88 Å². The first kappa shape index (κ1) is 14.6. The molecule has 0 spiro atoms. The zero-order valence-corrected chi connectivity index (χ0v) is 13.4. The molecule has 2 aromatic rings. The number of aryl methyl sites for hydroxylation is 1. The third-order valence-electron chi connectivity index (χ3n) is 4.59. The first-order chi connectivity index (χ1) is 10.1. The summed E-state index contributed by atoms with van der Waals surface area (Å²) in [6.07, 6.45) is 2.57. The Morgan fingerprint density at radius 3 is 3.00 bits per heavy atom. The molecule has 3 nitrogen and oxygen atoms in total. The third kappa shape index (κ3) is 2.85. The lowest BCUT2D eigenvalue weighted by molar-refractivity contribution is -0.922. The molecule has 2 unspecified atom stereocenters. The average molecular weight is 306 g/mol. The number of likely N-dealkylation sites (tertiary alicyclic amines) is 1. The number of benzene rings is 1. The standard InChI is InChI=1S/C17H21ClN2O/c1-11-5-4-8-20(9-11)10-14-12(2)19-16-13(17(14)21)6-3-7-15(16)18/h3,6-7,11H,4-5,8-10H2,1-2H3,(H,19,21)/p+1. The Labute approximate surface area is 129 Å². The summed E-state index contributed by atoms with van der Waals surface area (Å²) in [6, 6.07) is 5.52. The summed E-state index contributed by atoms with van der Waals surface area (Å²) in [7, 11) is 0. The summed E-state index contributed by atoms with van der Waals surface area (Å²) in [5.41, 5.74) is 2.75. The highest BCUT2D eigenvalue weighted by Gasteiger charge is 2.22. The molecule has 1 aromatic heterocycles. The van der Waals surface area contributed by atoms with Gasteiger partial charge in [0.2, 0.25) is 0 Å². The minimum atomic E-state index is 0.134. The molecule has 4 heteroatoms. The van der Waals surface area contributed by atoms with Gasteiger partial charge in [-0.3, -0.25) is 4.79 Å². The smallest absolute Gasteiger partial charge is 0.198 e. The van der Waals surface area contributed by atoms with Crippen molar-refractivity contribution in [2.24, 2.45) is 5.92 Å². The molecular weight excluding hydrogens is 284 g/mol. The van der Waals surface area contributed by atoms with Gasteiger partial charge in [0.25, 0.3) is 0 Å². The minimum Gasteiger partial charge on any atom is -0.357 e. The van der Waals surface area contributed by atoms with Gasteiger partial charge in [0.15, 0.2) is 5.43 Å². The van der Waals surface area contributed by atoms with E-state index in [0.29, 0.717) is 10.4 Å². The molecule has 3 rings (SSSR count). The lowest BCUT2D eigenvalue weighted by atomic mass is 9.99. The van der Waals surface area contributed by atoms with Gasteiger partial charge in [-0.15, -0.1) is 0 Å². The Kier molecular flexibility index (Phi) is 4.05. The van der Waals surface area contributed by atoms with Gasteiger partial charge >= 0.3 is 0 Å². The van der Waals surface area contributed by atoms with Gasteiger partial charge in [-0.05, 0) is 31.9 Å². The molecular formula is C17H22ClN2O+. The van der Waals surface area contributed by atoms with Crippen molar-refractivity contribution in [1.29, 1.82) is 0 Å². The van der Waals surface area contributed by atoms with Crippen molar-refractivity contribution in [3.63, 3.8) is 0 Å². The van der Waals surface area contributed by atoms with E-state index in [1.165, 1.54) is 17.7 Å². The highest BCUT2D eigenvalue weighted by molar-refractivity contribution is 6.35. The van der Waals surface area contributed by atoms with Crippen molar-refractivity contribution in [3.8, 4) is 0 Å². The fourth-order valence-electron chi connectivity index (χ4n) is 3.46. The second-order valence-corrected chi connectivity index (χ2v) is 6.76. The molecule has 0 bridgehead atoms. The topological polar surface area (TPSA) is 37.3 Å². The maximum absolute atomic E-state index is 12.8. The number of pyridine rings is 1. The van der Waals surface area contributed by atoms with Crippen molar-refractivity contribution in [1.82, 2.24) is 4.98 Å². The Morgan fingerprint density at radius 2 is 2.24 bits per heavy atom. The molecule has 1 aliphatic rings. The number of hydrogen-bond donors (Lipinski definition) is 2. The van der Waals surface area contributed by atoms with Gasteiger partial charge in [0, 0.05) is 17.0 Å². The van der Waals surface area contributed by atoms with Crippen LogP contribution in [0.3, 0.4) is 0 Å². The molecule has 2 heterocycles. The number of piperidine rings is 1. The molecule has 1 saturated heterocycles. The molecule has 21 heavy (non-hydrogen) atoms. The summed E-state index contributed by atoms with van der Waals surface area (Å²) in [5.74, 6) is 0.753. The van der Waals surface area contributed by atoms with Crippen LogP contribution in [0.25, 0.3) is 10.9 Å². The fourth-order valence-corrected chi connectivity index (χ4v) is 3.68. The molecule has 0 aliphatic carbocycles. The lowest BCUT2D eigenvalue weighted by Crippen LogP contribution is -3.12. The van der Waals surface area contributed by atoms with Gasteiger partial charge in [-0.25, -0.2) is 0 Å². The van der Waals surface area contributed by atoms with Crippen LogP contribution in [0.2, 0.25) is 5.02 Å². The van der Waals surface area contributed by atoms with Crippen molar-refractivity contribution >= 4 is 22.5 Å². The molecule has 1 aliphatic heterocycles.